The minimum absolute atomic E-state index is 0.282. The number of methoxy groups -OCH3 is 1. The van der Waals surface area contributed by atoms with Crippen LogP contribution >= 0.6 is 11.3 Å². The SMILES string of the molecule is COCCn1c(C)cc(C(=O)C(=O)Nc2nnc(/C=C/c3ccccc3)s2)c1C. The summed E-state index contributed by atoms with van der Waals surface area (Å²) in [5, 5.41) is 11.4. The van der Waals surface area contributed by atoms with E-state index in [4.69, 9.17) is 4.74 Å². The quantitative estimate of drug-likeness (QED) is 0.453. The predicted octanol–water partition coefficient (Wildman–Crippen LogP) is 3.59. The molecule has 29 heavy (non-hydrogen) atoms. The molecule has 0 aliphatic rings. The van der Waals surface area contributed by atoms with Gasteiger partial charge in [-0.05, 0) is 31.6 Å². The Labute approximate surface area is 173 Å². The Kier molecular flexibility index (Phi) is 6.69. The first-order chi connectivity index (χ1) is 14.0. The number of hydrogen-bond acceptors (Lipinski definition) is 6. The number of ether oxygens (including phenoxy) is 1. The van der Waals surface area contributed by atoms with Gasteiger partial charge in [0.15, 0.2) is 0 Å². The van der Waals surface area contributed by atoms with Crippen LogP contribution in [0.4, 0.5) is 5.13 Å². The highest BCUT2D eigenvalue weighted by atomic mass is 32.1. The molecule has 0 saturated heterocycles. The fourth-order valence-corrected chi connectivity index (χ4v) is 3.56. The van der Waals surface area contributed by atoms with Crippen molar-refractivity contribution in [2.24, 2.45) is 0 Å². The van der Waals surface area contributed by atoms with E-state index in [0.717, 1.165) is 17.0 Å². The van der Waals surface area contributed by atoms with Gasteiger partial charge in [-0.25, -0.2) is 0 Å². The molecule has 2 heterocycles. The largest absolute Gasteiger partial charge is 0.383 e. The lowest BCUT2D eigenvalue weighted by Crippen LogP contribution is -2.23. The Balaban J connectivity index is 1.67. The molecule has 0 saturated carbocycles. The number of amides is 1. The summed E-state index contributed by atoms with van der Waals surface area (Å²) >= 11 is 1.20. The van der Waals surface area contributed by atoms with Crippen LogP contribution in [-0.2, 0) is 16.1 Å². The Morgan fingerprint density at radius 1 is 1.17 bits per heavy atom. The van der Waals surface area contributed by atoms with Gasteiger partial charge in [-0.15, -0.1) is 10.2 Å². The zero-order valence-electron chi connectivity index (χ0n) is 16.5. The van der Waals surface area contributed by atoms with Crippen LogP contribution in [0.15, 0.2) is 36.4 Å². The summed E-state index contributed by atoms with van der Waals surface area (Å²) < 4.78 is 7.06. The van der Waals surface area contributed by atoms with Crippen molar-refractivity contribution in [1.82, 2.24) is 14.8 Å². The topological polar surface area (TPSA) is 86.1 Å². The van der Waals surface area contributed by atoms with Gasteiger partial charge >= 0.3 is 0 Å². The molecule has 7 nitrogen and oxygen atoms in total. The molecule has 0 bridgehead atoms. The summed E-state index contributed by atoms with van der Waals surface area (Å²) in [6, 6.07) is 11.5. The lowest BCUT2D eigenvalue weighted by molar-refractivity contribution is -0.112. The maximum atomic E-state index is 12.6. The van der Waals surface area contributed by atoms with Gasteiger partial charge in [-0.3, -0.25) is 14.9 Å². The first-order valence-electron chi connectivity index (χ1n) is 9.07. The minimum Gasteiger partial charge on any atom is -0.383 e. The van der Waals surface area contributed by atoms with Crippen LogP contribution in [0.1, 0.15) is 32.3 Å². The third-order valence-corrected chi connectivity index (χ3v) is 5.23. The maximum Gasteiger partial charge on any atom is 0.298 e. The Morgan fingerprint density at radius 3 is 2.66 bits per heavy atom. The highest BCUT2D eigenvalue weighted by Crippen LogP contribution is 2.20. The van der Waals surface area contributed by atoms with Crippen molar-refractivity contribution in [3.05, 3.63) is 63.9 Å². The Morgan fingerprint density at radius 2 is 1.93 bits per heavy atom. The van der Waals surface area contributed by atoms with E-state index in [0.29, 0.717) is 23.7 Å². The smallest absolute Gasteiger partial charge is 0.298 e. The number of nitrogens with one attached hydrogen (secondary N) is 1. The summed E-state index contributed by atoms with van der Waals surface area (Å²) in [7, 11) is 1.62. The molecule has 1 N–H and O–H groups in total. The number of aromatic nitrogens is 3. The predicted molar refractivity (Wildman–Crippen MR) is 114 cm³/mol. The number of aryl methyl sites for hydroxylation is 1. The summed E-state index contributed by atoms with van der Waals surface area (Å²) in [5.74, 6) is -1.33. The molecule has 0 radical (unpaired) electrons. The minimum atomic E-state index is -0.730. The third kappa shape index (κ3) is 5.04. The molecule has 1 aromatic carbocycles. The lowest BCUT2D eigenvalue weighted by atomic mass is 10.1. The monoisotopic (exact) mass is 410 g/mol. The standard InChI is InChI=1S/C21H22N4O3S/c1-14-13-17(15(2)25(14)11-12-28-3)19(26)20(27)22-21-24-23-18(29-21)10-9-16-7-5-4-6-8-16/h4-10,13H,11-12H2,1-3H3,(H,22,24,27)/b10-9+. The molecule has 0 atom stereocenters. The molecule has 3 aromatic rings. The van der Waals surface area contributed by atoms with E-state index in [-0.39, 0.29) is 5.13 Å². The number of rotatable bonds is 8. The zero-order chi connectivity index (χ0) is 20.8. The molecule has 3 rings (SSSR count). The maximum absolute atomic E-state index is 12.6. The third-order valence-electron chi connectivity index (χ3n) is 4.42. The fourth-order valence-electron chi connectivity index (χ4n) is 2.92. The molecule has 0 fully saturated rings. The molecular weight excluding hydrogens is 388 g/mol. The number of carbonyl (C=O) groups excluding carboxylic acids is 2. The number of ketones is 1. The van der Waals surface area contributed by atoms with Crippen molar-refractivity contribution < 1.29 is 14.3 Å². The summed E-state index contributed by atoms with van der Waals surface area (Å²) in [4.78, 5) is 25.0. The van der Waals surface area contributed by atoms with E-state index in [1.165, 1.54) is 11.3 Å². The van der Waals surface area contributed by atoms with Crippen LogP contribution in [0.25, 0.3) is 12.2 Å². The molecule has 0 unspecified atom stereocenters. The van der Waals surface area contributed by atoms with Crippen molar-refractivity contribution in [2.45, 2.75) is 20.4 Å². The van der Waals surface area contributed by atoms with E-state index in [9.17, 15) is 9.59 Å². The fraction of sp³-hybridized carbons (Fsp3) is 0.238. The van der Waals surface area contributed by atoms with Crippen molar-refractivity contribution in [3.8, 4) is 0 Å². The molecular formula is C21H22N4O3S. The van der Waals surface area contributed by atoms with E-state index < -0.39 is 11.7 Å². The van der Waals surface area contributed by atoms with Crippen LogP contribution in [0.2, 0.25) is 0 Å². The summed E-state index contributed by atoms with van der Waals surface area (Å²) in [6.07, 6.45) is 3.72. The highest BCUT2D eigenvalue weighted by Gasteiger charge is 2.23. The molecule has 8 heteroatoms. The van der Waals surface area contributed by atoms with Crippen molar-refractivity contribution in [1.29, 1.82) is 0 Å². The van der Waals surface area contributed by atoms with Gasteiger partial charge in [0.05, 0.1) is 6.61 Å². The molecule has 2 aromatic heterocycles. The second-order valence-corrected chi connectivity index (χ2v) is 7.41. The van der Waals surface area contributed by atoms with Crippen LogP contribution in [0.3, 0.4) is 0 Å². The lowest BCUT2D eigenvalue weighted by Gasteiger charge is -2.08. The highest BCUT2D eigenvalue weighted by molar-refractivity contribution is 7.16. The van der Waals surface area contributed by atoms with Crippen LogP contribution in [-0.4, -0.2) is 40.2 Å². The second-order valence-electron chi connectivity index (χ2n) is 6.40. The van der Waals surface area contributed by atoms with Crippen molar-refractivity contribution >= 4 is 40.3 Å². The zero-order valence-corrected chi connectivity index (χ0v) is 17.3. The molecule has 150 valence electrons. The van der Waals surface area contributed by atoms with Crippen LogP contribution in [0, 0.1) is 13.8 Å². The summed E-state index contributed by atoms with van der Waals surface area (Å²) in [5.41, 5.74) is 3.06. The van der Waals surface area contributed by atoms with Gasteiger partial charge < -0.3 is 9.30 Å². The van der Waals surface area contributed by atoms with Crippen molar-refractivity contribution in [2.75, 3.05) is 19.0 Å². The van der Waals surface area contributed by atoms with Gasteiger partial charge in [0.1, 0.15) is 5.01 Å². The first-order valence-corrected chi connectivity index (χ1v) is 9.89. The van der Waals surface area contributed by atoms with Gasteiger partial charge in [0.25, 0.3) is 11.7 Å². The Bertz CT molecular complexity index is 1040. The van der Waals surface area contributed by atoms with Crippen LogP contribution in [0.5, 0.6) is 0 Å². The van der Waals surface area contributed by atoms with Crippen molar-refractivity contribution in [3.63, 3.8) is 0 Å². The normalized spacial score (nSPS) is 11.1. The van der Waals surface area contributed by atoms with Crippen LogP contribution < -0.4 is 5.32 Å². The van der Waals surface area contributed by atoms with Gasteiger partial charge in [-0.1, -0.05) is 47.7 Å². The molecule has 0 aliphatic heterocycles. The van der Waals surface area contributed by atoms with Gasteiger partial charge in [-0.2, -0.15) is 0 Å². The van der Waals surface area contributed by atoms with E-state index in [1.54, 1.807) is 13.2 Å². The van der Waals surface area contributed by atoms with E-state index >= 15 is 0 Å². The van der Waals surface area contributed by atoms with Gasteiger partial charge in [0, 0.05) is 30.6 Å². The summed E-state index contributed by atoms with van der Waals surface area (Å²) in [6.45, 7) is 4.87. The number of hydrogen-bond donors (Lipinski definition) is 1. The molecule has 0 spiro atoms. The van der Waals surface area contributed by atoms with Gasteiger partial charge in [0.2, 0.25) is 5.13 Å². The Hall–Kier alpha value is -3.10. The average molecular weight is 410 g/mol. The number of anilines is 1. The van der Waals surface area contributed by atoms with E-state index in [1.807, 2.05) is 60.9 Å². The molecule has 1 amide bonds. The number of nitrogens with zero attached hydrogens (tertiary/aromatic N) is 3. The first kappa shape index (κ1) is 20.6. The number of benzene rings is 1. The second kappa shape index (κ2) is 9.40. The number of Topliss-reactive ketones (excluding diaryl/α,β-unsaturated/α-hetero) is 1. The van der Waals surface area contributed by atoms with E-state index in [2.05, 4.69) is 15.5 Å². The molecule has 0 aliphatic carbocycles. The average Bonchev–Trinajstić information content (AvgIpc) is 3.29. The number of carbonyl (C=O) groups is 2.